The van der Waals surface area contributed by atoms with Crippen LogP contribution in [0.3, 0.4) is 0 Å². The second kappa shape index (κ2) is 5.09. The third kappa shape index (κ3) is 2.47. The molecule has 1 aliphatic heterocycles. The predicted molar refractivity (Wildman–Crippen MR) is 80.2 cm³/mol. The number of allylic oxidation sites excluding steroid dienone is 2. The molecule has 1 atom stereocenters. The van der Waals surface area contributed by atoms with Gasteiger partial charge in [-0.1, -0.05) is 36.4 Å². The molecule has 1 unspecified atom stereocenters. The Hall–Kier alpha value is -1.14. The number of hydrogen-bond acceptors (Lipinski definition) is 3. The Labute approximate surface area is 125 Å². The maximum absolute atomic E-state index is 12.4. The predicted octanol–water partition coefficient (Wildman–Crippen LogP) is 3.26. The molecule has 2 aliphatic rings. The van der Waals surface area contributed by atoms with Crippen LogP contribution in [0.2, 0.25) is 0 Å². The number of carbonyl (C=O) groups is 1. The van der Waals surface area contributed by atoms with Gasteiger partial charge in [0, 0.05) is 17.6 Å². The van der Waals surface area contributed by atoms with Crippen molar-refractivity contribution in [1.29, 1.82) is 0 Å². The number of ether oxygens (including phenoxy) is 2. The number of Topliss-reactive ketones (excluding diaryl/α,β-unsaturated/α-hetero) is 1. The first-order valence-electron chi connectivity index (χ1n) is 6.16. The fourth-order valence-electron chi connectivity index (χ4n) is 2.26. The largest absolute Gasteiger partial charge is 0.492 e. The Morgan fingerprint density at radius 1 is 1.16 bits per heavy atom. The smallest absolute Gasteiger partial charge is 0.189 e. The third-order valence-electron chi connectivity index (χ3n) is 3.22. The van der Waals surface area contributed by atoms with Crippen LogP contribution in [-0.2, 0) is 9.47 Å². The van der Waals surface area contributed by atoms with Crippen LogP contribution in [0, 0.1) is 0 Å². The molecular formula is C15H13IO3. The Bertz CT molecular complexity index is 562. The Morgan fingerprint density at radius 2 is 1.95 bits per heavy atom. The molecule has 0 amide bonds. The lowest BCUT2D eigenvalue weighted by Crippen LogP contribution is -2.38. The van der Waals surface area contributed by atoms with Crippen molar-refractivity contribution in [3.05, 3.63) is 59.4 Å². The van der Waals surface area contributed by atoms with E-state index < -0.39 is 3.61 Å². The molecule has 0 N–H and O–H groups in total. The van der Waals surface area contributed by atoms with Gasteiger partial charge in [-0.25, -0.2) is 0 Å². The molecule has 1 aliphatic carbocycles. The van der Waals surface area contributed by atoms with E-state index in [1.165, 1.54) is 0 Å². The van der Waals surface area contributed by atoms with E-state index in [0.29, 0.717) is 25.2 Å². The van der Waals surface area contributed by atoms with E-state index in [9.17, 15) is 4.79 Å². The summed E-state index contributed by atoms with van der Waals surface area (Å²) in [5.74, 6) is 0.866. The fourth-order valence-corrected chi connectivity index (χ4v) is 3.22. The summed E-state index contributed by atoms with van der Waals surface area (Å²) < 4.78 is 10.9. The van der Waals surface area contributed by atoms with Crippen LogP contribution in [0.25, 0.3) is 0 Å². The van der Waals surface area contributed by atoms with E-state index in [1.807, 2.05) is 42.5 Å². The van der Waals surface area contributed by atoms with Crippen molar-refractivity contribution in [2.75, 3.05) is 13.2 Å². The molecule has 0 saturated carbocycles. The van der Waals surface area contributed by atoms with Crippen LogP contribution < -0.4 is 0 Å². The molecule has 0 spiro atoms. The molecule has 0 bridgehead atoms. The van der Waals surface area contributed by atoms with Crippen molar-refractivity contribution in [2.45, 2.75) is 10.0 Å². The summed E-state index contributed by atoms with van der Waals surface area (Å²) in [6, 6.07) is 9.32. The zero-order valence-corrected chi connectivity index (χ0v) is 12.4. The molecule has 1 heterocycles. The summed E-state index contributed by atoms with van der Waals surface area (Å²) in [6.45, 7) is 1.14. The van der Waals surface area contributed by atoms with E-state index in [2.05, 4.69) is 22.6 Å². The van der Waals surface area contributed by atoms with Crippen LogP contribution in [0.4, 0.5) is 0 Å². The van der Waals surface area contributed by atoms with Gasteiger partial charge in [-0.15, -0.1) is 0 Å². The number of ketones is 1. The van der Waals surface area contributed by atoms with Crippen LogP contribution >= 0.6 is 22.6 Å². The van der Waals surface area contributed by atoms with Gasteiger partial charge in [0.1, 0.15) is 12.4 Å². The van der Waals surface area contributed by atoms with Gasteiger partial charge in [0.15, 0.2) is 9.39 Å². The Kier molecular flexibility index (Phi) is 3.45. The minimum atomic E-state index is -0.523. The molecule has 4 heteroatoms. The molecule has 1 fully saturated rings. The minimum absolute atomic E-state index is 0.0566. The van der Waals surface area contributed by atoms with Crippen molar-refractivity contribution >= 4 is 28.4 Å². The zero-order valence-electron chi connectivity index (χ0n) is 10.3. The third-order valence-corrected chi connectivity index (χ3v) is 4.45. The van der Waals surface area contributed by atoms with Crippen LogP contribution in [-0.4, -0.2) is 22.6 Å². The van der Waals surface area contributed by atoms with Crippen molar-refractivity contribution < 1.29 is 14.3 Å². The number of benzene rings is 1. The summed E-state index contributed by atoms with van der Waals surface area (Å²) in [5, 5.41) is 0. The second-order valence-electron chi connectivity index (χ2n) is 4.52. The van der Waals surface area contributed by atoms with Gasteiger partial charge in [0.05, 0.1) is 6.61 Å². The SMILES string of the molecule is O=C(C1=CC=C2OCCOC2(I)C1)c1ccccc1. The van der Waals surface area contributed by atoms with Gasteiger partial charge in [0.25, 0.3) is 0 Å². The van der Waals surface area contributed by atoms with E-state index >= 15 is 0 Å². The fraction of sp³-hybridized carbons (Fsp3) is 0.267. The van der Waals surface area contributed by atoms with Crippen LogP contribution in [0.15, 0.2) is 53.8 Å². The summed E-state index contributed by atoms with van der Waals surface area (Å²) in [4.78, 5) is 12.4. The lowest BCUT2D eigenvalue weighted by molar-refractivity contribution is -0.0523. The van der Waals surface area contributed by atoms with Crippen LogP contribution in [0.1, 0.15) is 16.8 Å². The number of rotatable bonds is 2. The molecule has 3 rings (SSSR count). The second-order valence-corrected chi connectivity index (χ2v) is 6.26. The highest BCUT2D eigenvalue weighted by Crippen LogP contribution is 2.42. The first kappa shape index (κ1) is 12.9. The number of fused-ring (bicyclic) bond motifs is 1. The van der Waals surface area contributed by atoms with Gasteiger partial charge in [-0.3, -0.25) is 4.79 Å². The molecule has 98 valence electrons. The van der Waals surface area contributed by atoms with E-state index in [4.69, 9.17) is 9.47 Å². The molecular weight excluding hydrogens is 355 g/mol. The average Bonchev–Trinajstić information content (AvgIpc) is 2.46. The Balaban J connectivity index is 1.89. The lowest BCUT2D eigenvalue weighted by Gasteiger charge is -2.36. The quantitative estimate of drug-likeness (QED) is 0.457. The summed E-state index contributed by atoms with van der Waals surface area (Å²) in [7, 11) is 0. The molecule has 1 aromatic carbocycles. The maximum atomic E-state index is 12.4. The molecule has 1 saturated heterocycles. The zero-order chi connectivity index (χ0) is 13.3. The van der Waals surface area contributed by atoms with Gasteiger partial charge >= 0.3 is 0 Å². The molecule has 19 heavy (non-hydrogen) atoms. The first-order valence-corrected chi connectivity index (χ1v) is 7.24. The minimum Gasteiger partial charge on any atom is -0.492 e. The average molecular weight is 368 g/mol. The molecule has 3 nitrogen and oxygen atoms in total. The van der Waals surface area contributed by atoms with E-state index in [1.54, 1.807) is 0 Å². The molecule has 0 aromatic heterocycles. The summed E-state index contributed by atoms with van der Waals surface area (Å²) in [6.07, 6.45) is 4.24. The Morgan fingerprint density at radius 3 is 2.74 bits per heavy atom. The number of halogens is 1. The van der Waals surface area contributed by atoms with Crippen molar-refractivity contribution in [3.63, 3.8) is 0 Å². The topological polar surface area (TPSA) is 35.5 Å². The van der Waals surface area contributed by atoms with Crippen molar-refractivity contribution in [3.8, 4) is 0 Å². The normalized spacial score (nSPS) is 25.7. The first-order chi connectivity index (χ1) is 9.19. The highest BCUT2D eigenvalue weighted by Gasteiger charge is 2.40. The van der Waals surface area contributed by atoms with Gasteiger partial charge in [-0.2, -0.15) is 0 Å². The molecule has 0 radical (unpaired) electrons. The van der Waals surface area contributed by atoms with Gasteiger partial charge < -0.3 is 9.47 Å². The van der Waals surface area contributed by atoms with Gasteiger partial charge in [0.2, 0.25) is 0 Å². The lowest BCUT2D eigenvalue weighted by atomic mass is 9.93. The monoisotopic (exact) mass is 368 g/mol. The summed E-state index contributed by atoms with van der Waals surface area (Å²) >= 11 is 2.23. The van der Waals surface area contributed by atoms with Crippen LogP contribution in [0.5, 0.6) is 0 Å². The highest BCUT2D eigenvalue weighted by molar-refractivity contribution is 14.1. The molecule has 1 aromatic rings. The summed E-state index contributed by atoms with van der Waals surface area (Å²) in [5.41, 5.74) is 1.47. The standard InChI is InChI=1S/C15H13IO3/c16-15-10-12(6-7-13(15)18-8-9-19-15)14(17)11-4-2-1-3-5-11/h1-7H,8-10H2. The van der Waals surface area contributed by atoms with E-state index in [0.717, 1.165) is 11.3 Å². The number of carbonyl (C=O) groups excluding carboxylic acids is 1. The van der Waals surface area contributed by atoms with E-state index in [-0.39, 0.29) is 5.78 Å². The highest BCUT2D eigenvalue weighted by atomic mass is 127. The maximum Gasteiger partial charge on any atom is 0.189 e. The number of hydrogen-bond donors (Lipinski definition) is 0. The van der Waals surface area contributed by atoms with Crippen molar-refractivity contribution in [2.24, 2.45) is 0 Å². The van der Waals surface area contributed by atoms with Crippen molar-refractivity contribution in [1.82, 2.24) is 0 Å². The van der Waals surface area contributed by atoms with Gasteiger partial charge in [-0.05, 0) is 28.7 Å². The number of alkyl halides is 1.